The number of azide groups is 1. The van der Waals surface area contributed by atoms with Crippen molar-refractivity contribution in [1.29, 1.82) is 0 Å². The molecule has 0 amide bonds. The third kappa shape index (κ3) is 5.04. The number of benzene rings is 1. The Kier molecular flexibility index (Phi) is 5.61. The number of nitrogens with zero attached hydrogens (tertiary/aromatic N) is 3. The van der Waals surface area contributed by atoms with Crippen molar-refractivity contribution >= 4 is 5.97 Å². The Morgan fingerprint density at radius 2 is 2.18 bits per heavy atom. The second-order valence-corrected chi connectivity index (χ2v) is 3.56. The van der Waals surface area contributed by atoms with Crippen LogP contribution in [0.15, 0.2) is 35.4 Å². The largest absolute Gasteiger partial charge is 0.466 e. The first kappa shape index (κ1) is 13.1. The molecule has 0 saturated heterocycles. The Hall–Kier alpha value is -2.00. The van der Waals surface area contributed by atoms with Gasteiger partial charge in [-0.3, -0.25) is 4.79 Å². The van der Waals surface area contributed by atoms with Crippen LogP contribution in [0.4, 0.5) is 0 Å². The van der Waals surface area contributed by atoms with Gasteiger partial charge < -0.3 is 4.74 Å². The fourth-order valence-electron chi connectivity index (χ4n) is 1.53. The monoisotopic (exact) mass is 233 g/mol. The average molecular weight is 233 g/mol. The standard InChI is InChI=1S/C12H15N3O2/c1-2-17-12(16)9-11(14-15-13)8-10-6-4-3-5-7-10/h3-7,11H,2,8-9H2,1H3. The predicted molar refractivity (Wildman–Crippen MR) is 64.3 cm³/mol. The van der Waals surface area contributed by atoms with Gasteiger partial charge in [-0.05, 0) is 24.4 Å². The van der Waals surface area contributed by atoms with E-state index in [2.05, 4.69) is 10.0 Å². The van der Waals surface area contributed by atoms with Gasteiger partial charge in [-0.2, -0.15) is 0 Å². The van der Waals surface area contributed by atoms with E-state index >= 15 is 0 Å². The summed E-state index contributed by atoms with van der Waals surface area (Å²) in [7, 11) is 0. The number of carbonyl (C=O) groups excluding carboxylic acids is 1. The van der Waals surface area contributed by atoms with Gasteiger partial charge in [0.15, 0.2) is 0 Å². The summed E-state index contributed by atoms with van der Waals surface area (Å²) in [6.07, 6.45) is 0.663. The molecule has 0 fully saturated rings. The van der Waals surface area contributed by atoms with Gasteiger partial charge in [0.1, 0.15) is 0 Å². The van der Waals surface area contributed by atoms with Crippen molar-refractivity contribution in [3.8, 4) is 0 Å². The van der Waals surface area contributed by atoms with E-state index in [1.165, 1.54) is 0 Å². The first-order chi connectivity index (χ1) is 8.26. The van der Waals surface area contributed by atoms with Crippen LogP contribution in [0, 0.1) is 0 Å². The minimum absolute atomic E-state index is 0.118. The highest BCUT2D eigenvalue weighted by Gasteiger charge is 2.13. The van der Waals surface area contributed by atoms with Crippen LogP contribution in [0.3, 0.4) is 0 Å². The van der Waals surface area contributed by atoms with E-state index in [4.69, 9.17) is 10.3 Å². The molecule has 0 bridgehead atoms. The van der Waals surface area contributed by atoms with Crippen molar-refractivity contribution in [2.75, 3.05) is 6.61 Å². The number of carbonyl (C=O) groups is 1. The molecule has 1 atom stereocenters. The third-order valence-corrected chi connectivity index (χ3v) is 2.24. The smallest absolute Gasteiger partial charge is 0.306 e. The van der Waals surface area contributed by atoms with Crippen molar-refractivity contribution in [2.45, 2.75) is 25.8 Å². The molecular weight excluding hydrogens is 218 g/mol. The second-order valence-electron chi connectivity index (χ2n) is 3.56. The molecule has 5 heteroatoms. The lowest BCUT2D eigenvalue weighted by Gasteiger charge is -2.10. The highest BCUT2D eigenvalue weighted by atomic mass is 16.5. The van der Waals surface area contributed by atoms with E-state index in [0.29, 0.717) is 13.0 Å². The lowest BCUT2D eigenvalue weighted by Crippen LogP contribution is -2.16. The number of ether oxygens (including phenoxy) is 1. The van der Waals surface area contributed by atoms with Crippen molar-refractivity contribution in [1.82, 2.24) is 0 Å². The minimum Gasteiger partial charge on any atom is -0.466 e. The fourth-order valence-corrected chi connectivity index (χ4v) is 1.53. The van der Waals surface area contributed by atoms with E-state index in [1.807, 2.05) is 30.3 Å². The van der Waals surface area contributed by atoms with Crippen LogP contribution in [-0.4, -0.2) is 18.6 Å². The van der Waals surface area contributed by atoms with E-state index in [1.54, 1.807) is 6.92 Å². The fraction of sp³-hybridized carbons (Fsp3) is 0.417. The molecule has 1 unspecified atom stereocenters. The summed E-state index contributed by atoms with van der Waals surface area (Å²) in [6.45, 7) is 2.09. The summed E-state index contributed by atoms with van der Waals surface area (Å²) >= 11 is 0. The Morgan fingerprint density at radius 3 is 2.76 bits per heavy atom. The zero-order valence-corrected chi connectivity index (χ0v) is 9.74. The summed E-state index contributed by atoms with van der Waals surface area (Å²) in [5.74, 6) is -0.333. The van der Waals surface area contributed by atoms with Gasteiger partial charge >= 0.3 is 5.97 Å². The maximum atomic E-state index is 11.3. The van der Waals surface area contributed by atoms with Crippen LogP contribution in [0.25, 0.3) is 10.4 Å². The predicted octanol–water partition coefficient (Wildman–Crippen LogP) is 2.86. The molecule has 0 aromatic heterocycles. The lowest BCUT2D eigenvalue weighted by atomic mass is 10.0. The van der Waals surface area contributed by atoms with Crippen molar-refractivity contribution < 1.29 is 9.53 Å². The molecule has 0 aliphatic heterocycles. The maximum Gasteiger partial charge on any atom is 0.306 e. The zero-order valence-electron chi connectivity index (χ0n) is 9.74. The van der Waals surface area contributed by atoms with Crippen LogP contribution < -0.4 is 0 Å². The molecule has 0 N–H and O–H groups in total. The molecule has 0 spiro atoms. The number of esters is 1. The lowest BCUT2D eigenvalue weighted by molar-refractivity contribution is -0.143. The van der Waals surface area contributed by atoms with Crippen LogP contribution in [0.2, 0.25) is 0 Å². The van der Waals surface area contributed by atoms with Gasteiger partial charge in [-0.1, -0.05) is 35.4 Å². The molecule has 17 heavy (non-hydrogen) atoms. The highest BCUT2D eigenvalue weighted by molar-refractivity contribution is 5.70. The Morgan fingerprint density at radius 1 is 1.47 bits per heavy atom. The molecule has 1 aromatic rings. The summed E-state index contributed by atoms with van der Waals surface area (Å²) in [5, 5.41) is 3.62. The third-order valence-electron chi connectivity index (χ3n) is 2.24. The first-order valence-corrected chi connectivity index (χ1v) is 5.50. The Bertz CT molecular complexity index is 399. The van der Waals surface area contributed by atoms with Crippen LogP contribution in [-0.2, 0) is 16.0 Å². The normalized spacial score (nSPS) is 11.4. The van der Waals surface area contributed by atoms with E-state index in [9.17, 15) is 4.79 Å². The average Bonchev–Trinajstić information content (AvgIpc) is 2.31. The van der Waals surface area contributed by atoms with Gasteiger partial charge in [0.25, 0.3) is 0 Å². The molecule has 0 saturated carbocycles. The van der Waals surface area contributed by atoms with E-state index < -0.39 is 0 Å². The van der Waals surface area contributed by atoms with E-state index in [-0.39, 0.29) is 18.4 Å². The topological polar surface area (TPSA) is 75.1 Å². The number of rotatable bonds is 6. The van der Waals surface area contributed by atoms with Crippen LogP contribution >= 0.6 is 0 Å². The summed E-state index contributed by atoms with van der Waals surface area (Å²) < 4.78 is 4.83. The SMILES string of the molecule is CCOC(=O)CC(Cc1ccccc1)N=[N+]=[N-]. The van der Waals surface area contributed by atoms with Crippen molar-refractivity contribution in [3.05, 3.63) is 46.3 Å². The molecule has 90 valence electrons. The van der Waals surface area contributed by atoms with Gasteiger partial charge in [0, 0.05) is 4.91 Å². The van der Waals surface area contributed by atoms with Gasteiger partial charge in [-0.25, -0.2) is 0 Å². The Labute approximate surface area is 100 Å². The Balaban J connectivity index is 2.60. The molecule has 0 aliphatic rings. The minimum atomic E-state index is -0.388. The molecule has 0 radical (unpaired) electrons. The van der Waals surface area contributed by atoms with Gasteiger partial charge in [-0.15, -0.1) is 0 Å². The summed E-state index contributed by atoms with van der Waals surface area (Å²) in [6, 6.07) is 9.22. The summed E-state index contributed by atoms with van der Waals surface area (Å²) in [5.41, 5.74) is 9.50. The molecule has 5 nitrogen and oxygen atoms in total. The van der Waals surface area contributed by atoms with Crippen LogP contribution in [0.5, 0.6) is 0 Å². The molecule has 0 heterocycles. The maximum absolute atomic E-state index is 11.3. The van der Waals surface area contributed by atoms with Gasteiger partial charge in [0.05, 0.1) is 19.1 Å². The number of hydrogen-bond donors (Lipinski definition) is 0. The van der Waals surface area contributed by atoms with Crippen molar-refractivity contribution in [2.24, 2.45) is 5.11 Å². The zero-order chi connectivity index (χ0) is 12.5. The second kappa shape index (κ2) is 7.30. The first-order valence-electron chi connectivity index (χ1n) is 5.50. The molecule has 1 rings (SSSR count). The van der Waals surface area contributed by atoms with Crippen LogP contribution in [0.1, 0.15) is 18.9 Å². The quantitative estimate of drug-likeness (QED) is 0.328. The van der Waals surface area contributed by atoms with E-state index in [0.717, 1.165) is 5.56 Å². The molecule has 0 aliphatic carbocycles. The van der Waals surface area contributed by atoms with Crippen molar-refractivity contribution in [3.63, 3.8) is 0 Å². The molecular formula is C12H15N3O2. The number of hydrogen-bond acceptors (Lipinski definition) is 3. The van der Waals surface area contributed by atoms with Gasteiger partial charge in [0.2, 0.25) is 0 Å². The molecule has 1 aromatic carbocycles. The highest BCUT2D eigenvalue weighted by Crippen LogP contribution is 2.10. The summed E-state index contributed by atoms with van der Waals surface area (Å²) in [4.78, 5) is 14.1.